The van der Waals surface area contributed by atoms with E-state index in [2.05, 4.69) is 39.7 Å². The molecule has 0 unspecified atom stereocenters. The number of pyridine rings is 1. The Hall–Kier alpha value is -3.43. The summed E-state index contributed by atoms with van der Waals surface area (Å²) >= 11 is 6.46. The molecule has 7 nitrogen and oxygen atoms in total. The number of rotatable bonds is 2. The number of benzene rings is 2. The van der Waals surface area contributed by atoms with Crippen molar-refractivity contribution in [2.75, 3.05) is 24.6 Å². The minimum absolute atomic E-state index is 0.129. The van der Waals surface area contributed by atoms with E-state index < -0.39 is 26.6 Å². The Bertz CT molecular complexity index is 1900. The van der Waals surface area contributed by atoms with Crippen LogP contribution in [0.15, 0.2) is 67.0 Å². The van der Waals surface area contributed by atoms with Crippen LogP contribution in [-0.4, -0.2) is 44.3 Å². The van der Waals surface area contributed by atoms with Crippen molar-refractivity contribution in [1.29, 1.82) is 0 Å². The second-order valence-electron chi connectivity index (χ2n) is 14.8. The first-order valence-electron chi connectivity index (χ1n) is 17.6. The van der Waals surface area contributed by atoms with Crippen LogP contribution in [0.1, 0.15) is 86.3 Å². The van der Waals surface area contributed by atoms with Gasteiger partial charge in [0.05, 0.1) is 17.5 Å². The summed E-state index contributed by atoms with van der Waals surface area (Å²) < 4.78 is 51.8. The predicted molar refractivity (Wildman–Crippen MR) is 191 cm³/mol. The van der Waals surface area contributed by atoms with Crippen LogP contribution in [0.4, 0.5) is 10.1 Å². The highest BCUT2D eigenvalue weighted by atomic mass is 35.5. The first-order chi connectivity index (χ1) is 23.5. The van der Waals surface area contributed by atoms with E-state index in [1.807, 2.05) is 19.1 Å². The van der Waals surface area contributed by atoms with Crippen molar-refractivity contribution in [2.45, 2.75) is 81.8 Å². The highest BCUT2D eigenvalue weighted by Crippen LogP contribution is 2.53. The summed E-state index contributed by atoms with van der Waals surface area (Å²) in [6.07, 6.45) is 13.3. The Kier molecular flexibility index (Phi) is 9.05. The fourth-order valence-corrected chi connectivity index (χ4v) is 10.5. The number of hydrogen-bond acceptors (Lipinski definition) is 6. The fraction of sp³-hybridized carbons (Fsp3) is 0.487. The summed E-state index contributed by atoms with van der Waals surface area (Å²) in [6.45, 7) is 7.42. The summed E-state index contributed by atoms with van der Waals surface area (Å²) in [4.78, 5) is 20.3. The zero-order valence-electron chi connectivity index (χ0n) is 28.4. The highest BCUT2D eigenvalue weighted by molar-refractivity contribution is 7.90. The Morgan fingerprint density at radius 1 is 1.12 bits per heavy atom. The molecule has 2 bridgehead atoms. The molecule has 49 heavy (non-hydrogen) atoms. The smallest absolute Gasteiger partial charge is 0.264 e. The van der Waals surface area contributed by atoms with Crippen LogP contribution in [-0.2, 0) is 27.3 Å². The average molecular weight is 706 g/mol. The molecule has 2 aliphatic heterocycles. The molecule has 2 aromatic carbocycles. The summed E-state index contributed by atoms with van der Waals surface area (Å²) in [7, 11) is -4.00. The van der Waals surface area contributed by atoms with Crippen molar-refractivity contribution in [2.24, 2.45) is 17.8 Å². The number of amides is 1. The SMILES string of the molecule is CC[C@]1(c2cnccc2F)/C=C/C[C@H](C)[C@@H](C)S(=O)(=O)NC(=O)c2ccc3c(c2)N(C[C@@H]2CC[C@H]21)C[C@@]1(CCCc2cc(Cl)ccc21)CO3. The number of halogens is 2. The molecular weight excluding hydrogens is 661 g/mol. The van der Waals surface area contributed by atoms with Crippen molar-refractivity contribution < 1.29 is 22.3 Å². The third kappa shape index (κ3) is 6.05. The van der Waals surface area contributed by atoms with Gasteiger partial charge >= 0.3 is 0 Å². The van der Waals surface area contributed by atoms with Crippen molar-refractivity contribution in [1.82, 2.24) is 9.71 Å². The molecule has 1 spiro atoms. The molecular formula is C39H45ClFN3O4S. The number of carbonyl (C=O) groups is 1. The third-order valence-corrected chi connectivity index (χ3v) is 14.3. The van der Waals surface area contributed by atoms with Crippen LogP contribution in [0, 0.1) is 23.6 Å². The Morgan fingerprint density at radius 3 is 2.71 bits per heavy atom. The zero-order chi connectivity index (χ0) is 34.6. The van der Waals surface area contributed by atoms with Gasteiger partial charge in [0.15, 0.2) is 0 Å². The third-order valence-electron chi connectivity index (χ3n) is 12.1. The minimum Gasteiger partial charge on any atom is -0.490 e. The standard InChI is InChI=1S/C39H45ClFN3O4S/c1-4-39(33-21-42-18-15-34(33)41)17-5-7-25(2)26(3)49(46,47)43-37(45)28-10-14-36-35(20-28)44(22-29-9-12-32(29)39)23-38(24-48-36)16-6-8-27-19-30(40)11-13-31(27)38/h5,10-11,13-15,17-21,25-26,29,32H,4,6-9,12,16,22-24H2,1-3H3,(H,43,45)/b17-5+/t25-,26+,29-,32+,38-,39-/m0/s1. The topological polar surface area (TPSA) is 88.6 Å². The van der Waals surface area contributed by atoms with E-state index in [1.165, 1.54) is 23.4 Å². The van der Waals surface area contributed by atoms with Gasteiger partial charge in [-0.2, -0.15) is 0 Å². The van der Waals surface area contributed by atoms with Crippen LogP contribution in [0.2, 0.25) is 5.02 Å². The number of aryl methyl sites for hydroxylation is 1. The molecule has 2 aliphatic carbocycles. The van der Waals surface area contributed by atoms with Gasteiger partial charge < -0.3 is 9.64 Å². The molecule has 0 radical (unpaired) electrons. The summed E-state index contributed by atoms with van der Waals surface area (Å²) in [5.41, 5.74) is 3.16. The normalized spacial score (nSPS) is 31.7. The molecule has 1 amide bonds. The van der Waals surface area contributed by atoms with Crippen molar-refractivity contribution in [3.63, 3.8) is 0 Å². The maximum absolute atomic E-state index is 15.8. The Morgan fingerprint density at radius 2 is 1.96 bits per heavy atom. The minimum atomic E-state index is -4.00. The summed E-state index contributed by atoms with van der Waals surface area (Å²) in [5, 5.41) is -0.117. The van der Waals surface area contributed by atoms with Crippen LogP contribution in [0.25, 0.3) is 0 Å². The first-order valence-corrected chi connectivity index (χ1v) is 19.5. The second kappa shape index (κ2) is 13.0. The molecule has 6 atom stereocenters. The van der Waals surface area contributed by atoms with Crippen molar-refractivity contribution in [3.8, 4) is 5.75 Å². The number of allylic oxidation sites excluding steroid dienone is 2. The summed E-state index contributed by atoms with van der Waals surface area (Å²) in [6, 6.07) is 12.8. The lowest BCUT2D eigenvalue weighted by Gasteiger charge is -2.51. The molecule has 1 saturated carbocycles. The molecule has 7 rings (SSSR count). The monoisotopic (exact) mass is 705 g/mol. The number of sulfonamides is 1. The molecule has 260 valence electrons. The van der Waals surface area contributed by atoms with E-state index in [-0.39, 0.29) is 34.5 Å². The Labute approximate surface area is 294 Å². The largest absolute Gasteiger partial charge is 0.490 e. The molecule has 10 heteroatoms. The fourth-order valence-electron chi connectivity index (χ4n) is 8.98. The first kappa shape index (κ1) is 34.0. The van der Waals surface area contributed by atoms with Gasteiger partial charge in [0.25, 0.3) is 5.91 Å². The predicted octanol–water partition coefficient (Wildman–Crippen LogP) is 7.77. The molecule has 3 aromatic rings. The number of aromatic nitrogens is 1. The van der Waals surface area contributed by atoms with E-state index in [0.717, 1.165) is 42.8 Å². The van der Waals surface area contributed by atoms with Crippen molar-refractivity contribution in [3.05, 3.63) is 100 Å². The molecule has 0 saturated heterocycles. The molecule has 1 fully saturated rings. The van der Waals surface area contributed by atoms with Gasteiger partial charge in [-0.15, -0.1) is 0 Å². The number of nitrogens with one attached hydrogen (secondary N) is 1. The quantitative estimate of drug-likeness (QED) is 0.274. The number of fused-ring (bicyclic) bond motifs is 4. The number of anilines is 1. The van der Waals surface area contributed by atoms with Gasteiger partial charge in [-0.05, 0) is 117 Å². The van der Waals surface area contributed by atoms with E-state index in [4.69, 9.17) is 16.3 Å². The van der Waals surface area contributed by atoms with E-state index >= 15 is 4.39 Å². The number of carbonyl (C=O) groups excluding carboxylic acids is 1. The second-order valence-corrected chi connectivity index (χ2v) is 17.3. The average Bonchev–Trinajstić information content (AvgIpc) is 3.22. The highest BCUT2D eigenvalue weighted by Gasteiger charge is 2.49. The molecule has 1 aromatic heterocycles. The lowest BCUT2D eigenvalue weighted by Crippen LogP contribution is -2.51. The molecule has 1 N–H and O–H groups in total. The molecule has 4 aliphatic rings. The van der Waals surface area contributed by atoms with Crippen molar-refractivity contribution >= 4 is 33.2 Å². The zero-order valence-corrected chi connectivity index (χ0v) is 30.0. The van der Waals surface area contributed by atoms with Gasteiger partial charge in [0, 0.05) is 52.5 Å². The Balaban J connectivity index is 1.37. The number of hydrogen-bond donors (Lipinski definition) is 1. The van der Waals surface area contributed by atoms with Gasteiger partial charge in [0.2, 0.25) is 10.0 Å². The van der Waals surface area contributed by atoms with Gasteiger partial charge in [-0.3, -0.25) is 9.78 Å². The van der Waals surface area contributed by atoms with Crippen LogP contribution in [0.5, 0.6) is 5.75 Å². The van der Waals surface area contributed by atoms with Gasteiger partial charge in [0.1, 0.15) is 11.6 Å². The molecule has 3 heterocycles. The summed E-state index contributed by atoms with van der Waals surface area (Å²) in [5.74, 6) is -0.203. The maximum atomic E-state index is 15.8. The number of ether oxygens (including phenoxy) is 1. The van der Waals surface area contributed by atoms with E-state index in [9.17, 15) is 13.2 Å². The van der Waals surface area contributed by atoms with Crippen LogP contribution in [0.3, 0.4) is 0 Å². The van der Waals surface area contributed by atoms with E-state index in [0.29, 0.717) is 43.9 Å². The lowest BCUT2D eigenvalue weighted by atomic mass is 9.55. The number of nitrogens with zero attached hydrogens (tertiary/aromatic N) is 2. The van der Waals surface area contributed by atoms with Crippen LogP contribution < -0.4 is 14.4 Å². The van der Waals surface area contributed by atoms with Gasteiger partial charge in [-0.1, -0.05) is 43.7 Å². The van der Waals surface area contributed by atoms with Crippen LogP contribution >= 0.6 is 11.6 Å². The lowest BCUT2D eigenvalue weighted by molar-refractivity contribution is 0.0979. The van der Waals surface area contributed by atoms with Gasteiger partial charge in [-0.25, -0.2) is 17.5 Å². The maximum Gasteiger partial charge on any atom is 0.264 e. The van der Waals surface area contributed by atoms with E-state index in [1.54, 1.807) is 31.3 Å².